The molecule has 0 aliphatic heterocycles. The summed E-state index contributed by atoms with van der Waals surface area (Å²) in [4.78, 5) is 10.2. The van der Waals surface area contributed by atoms with Gasteiger partial charge in [-0.1, -0.05) is 23.2 Å². The first-order valence-corrected chi connectivity index (χ1v) is 3.44. The third-order valence-electron chi connectivity index (χ3n) is 0.327. The molecule has 0 atom stereocenters. The van der Waals surface area contributed by atoms with E-state index in [1.54, 1.807) is 0 Å². The van der Waals surface area contributed by atoms with E-state index in [1.807, 2.05) is 0 Å². The molecule has 0 saturated heterocycles. The molecular weight excluding hydrogens is 167 g/mol. The Bertz CT molecular complexity index is 121. The van der Waals surface area contributed by atoms with Gasteiger partial charge in [0.1, 0.15) is 0 Å². The Morgan fingerprint density at radius 1 is 1.75 bits per heavy atom. The molecule has 0 rings (SSSR count). The molecule has 0 bridgehead atoms. The second-order valence-electron chi connectivity index (χ2n) is 1.01. The van der Waals surface area contributed by atoms with Gasteiger partial charge in [0.25, 0.3) is 0 Å². The zero-order valence-electron chi connectivity index (χ0n) is 4.15. The Morgan fingerprint density at radius 3 is 2.38 bits per heavy atom. The van der Waals surface area contributed by atoms with Crippen molar-refractivity contribution in [3.63, 3.8) is 0 Å². The monoisotopic (exact) mass is 170 g/mol. The first-order valence-electron chi connectivity index (χ1n) is 1.81. The molecule has 0 aromatic rings. The Balaban J connectivity index is 3.56. The number of carbonyl (C=O) groups excluding carboxylic acids is 1. The predicted octanol–water partition coefficient (Wildman–Crippen LogP) is 2.54. The largest absolute Gasteiger partial charge is 0.287 e. The molecular formula is C4H4Cl2OS. The van der Waals surface area contributed by atoms with Crippen molar-refractivity contribution >= 4 is 40.1 Å². The summed E-state index contributed by atoms with van der Waals surface area (Å²) in [5, 5.41) is -0.0631. The zero-order valence-corrected chi connectivity index (χ0v) is 6.48. The fourth-order valence-corrected chi connectivity index (χ4v) is 0.938. The summed E-state index contributed by atoms with van der Waals surface area (Å²) in [5.74, 6) is 0. The van der Waals surface area contributed by atoms with Gasteiger partial charge >= 0.3 is 0 Å². The summed E-state index contributed by atoms with van der Waals surface area (Å²) >= 11 is 11.4. The summed E-state index contributed by atoms with van der Waals surface area (Å²) in [6.07, 6.45) is 0. The van der Waals surface area contributed by atoms with Gasteiger partial charge in [-0.3, -0.25) is 4.79 Å². The summed E-state index contributed by atoms with van der Waals surface area (Å²) in [7, 11) is 0. The third kappa shape index (κ3) is 4.50. The number of hydrogen-bond donors (Lipinski definition) is 0. The summed E-state index contributed by atoms with van der Waals surface area (Å²) in [5.41, 5.74) is 1.16. The van der Waals surface area contributed by atoms with Crippen molar-refractivity contribution < 1.29 is 4.79 Å². The normalized spacial score (nSPS) is 11.6. The van der Waals surface area contributed by atoms with Crippen molar-refractivity contribution in [3.8, 4) is 0 Å². The van der Waals surface area contributed by atoms with E-state index in [0.717, 1.165) is 17.3 Å². The number of carbonyl (C=O) groups is 1. The van der Waals surface area contributed by atoms with Gasteiger partial charge < -0.3 is 0 Å². The van der Waals surface area contributed by atoms with Crippen LogP contribution in [0.25, 0.3) is 0 Å². The highest BCUT2D eigenvalue weighted by molar-refractivity contribution is 8.18. The minimum Gasteiger partial charge on any atom is -0.287 e. The molecule has 0 aromatic heterocycles. The second-order valence-corrected chi connectivity index (χ2v) is 3.08. The van der Waals surface area contributed by atoms with Crippen molar-refractivity contribution in [1.29, 1.82) is 0 Å². The minimum absolute atomic E-state index is 0.0631. The molecule has 0 spiro atoms. The highest BCUT2D eigenvalue weighted by Gasteiger charge is 1.95. The lowest BCUT2D eigenvalue weighted by molar-refractivity contribution is -0.109. The summed E-state index contributed by atoms with van der Waals surface area (Å²) < 4.78 is 0.305. The van der Waals surface area contributed by atoms with Crippen LogP contribution in [0.4, 0.5) is 0 Å². The summed E-state index contributed by atoms with van der Waals surface area (Å²) in [6.45, 7) is 1.42. The van der Waals surface area contributed by atoms with Crippen LogP contribution >= 0.6 is 35.0 Å². The highest BCUT2D eigenvalue weighted by Crippen LogP contribution is 2.20. The molecule has 0 aromatic carbocycles. The minimum atomic E-state index is -0.0631. The summed E-state index contributed by atoms with van der Waals surface area (Å²) in [6, 6.07) is 0. The van der Waals surface area contributed by atoms with Crippen molar-refractivity contribution in [3.05, 3.63) is 9.90 Å². The fourth-order valence-electron chi connectivity index (χ4n) is 0.160. The lowest BCUT2D eigenvalue weighted by Crippen LogP contribution is -1.76. The van der Waals surface area contributed by atoms with Crippen LogP contribution in [0.1, 0.15) is 6.92 Å². The molecule has 0 heterocycles. The molecule has 4 heteroatoms. The maximum Gasteiger partial charge on any atom is 0.191 e. The average molecular weight is 171 g/mol. The number of thioether (sulfide) groups is 1. The van der Waals surface area contributed by atoms with E-state index in [4.69, 9.17) is 23.2 Å². The molecule has 0 unspecified atom stereocenters. The van der Waals surface area contributed by atoms with Crippen LogP contribution in [0.5, 0.6) is 0 Å². The standard InChI is InChI=1S/C4H4Cl2OS/c1-3(7)8-4(6)2-5/h2H,1H3/b4-2+. The topological polar surface area (TPSA) is 17.1 Å². The molecule has 0 aliphatic rings. The highest BCUT2D eigenvalue weighted by atomic mass is 35.5. The van der Waals surface area contributed by atoms with Gasteiger partial charge in [-0.15, -0.1) is 0 Å². The smallest absolute Gasteiger partial charge is 0.191 e. The fraction of sp³-hybridized carbons (Fsp3) is 0.250. The molecule has 1 nitrogen and oxygen atoms in total. The van der Waals surface area contributed by atoms with Crippen LogP contribution in [-0.2, 0) is 4.79 Å². The number of rotatable bonds is 1. The van der Waals surface area contributed by atoms with Gasteiger partial charge in [0.05, 0.1) is 4.36 Å². The molecule has 0 saturated carbocycles. The van der Waals surface area contributed by atoms with E-state index >= 15 is 0 Å². The van der Waals surface area contributed by atoms with Crippen LogP contribution in [0.15, 0.2) is 9.90 Å². The maximum absolute atomic E-state index is 10.2. The van der Waals surface area contributed by atoms with Gasteiger partial charge in [-0.25, -0.2) is 0 Å². The van der Waals surface area contributed by atoms with Crippen molar-refractivity contribution in [1.82, 2.24) is 0 Å². The van der Waals surface area contributed by atoms with Crippen LogP contribution in [0.3, 0.4) is 0 Å². The molecule has 0 amide bonds. The molecule has 8 heavy (non-hydrogen) atoms. The quantitative estimate of drug-likeness (QED) is 0.602. The predicted molar refractivity (Wildman–Crippen MR) is 38.1 cm³/mol. The maximum atomic E-state index is 10.2. The van der Waals surface area contributed by atoms with Gasteiger partial charge in [-0.2, -0.15) is 0 Å². The van der Waals surface area contributed by atoms with Crippen molar-refractivity contribution in [2.24, 2.45) is 0 Å². The van der Waals surface area contributed by atoms with Crippen molar-refractivity contribution in [2.75, 3.05) is 0 Å². The number of halogens is 2. The molecule has 0 aliphatic carbocycles. The van der Waals surface area contributed by atoms with E-state index in [0.29, 0.717) is 4.36 Å². The van der Waals surface area contributed by atoms with E-state index in [-0.39, 0.29) is 5.12 Å². The second kappa shape index (κ2) is 4.24. The average Bonchev–Trinajstić information content (AvgIpc) is 1.65. The Hall–Kier alpha value is 0.340. The van der Waals surface area contributed by atoms with E-state index < -0.39 is 0 Å². The Labute approximate surface area is 62.0 Å². The molecule has 46 valence electrons. The van der Waals surface area contributed by atoms with E-state index in [9.17, 15) is 4.79 Å². The van der Waals surface area contributed by atoms with Gasteiger partial charge in [0, 0.05) is 12.5 Å². The van der Waals surface area contributed by atoms with Crippen LogP contribution < -0.4 is 0 Å². The first-order chi connectivity index (χ1) is 3.66. The molecule has 0 N–H and O–H groups in total. The van der Waals surface area contributed by atoms with Gasteiger partial charge in [0.15, 0.2) is 5.12 Å². The van der Waals surface area contributed by atoms with Crippen LogP contribution in [0, 0.1) is 0 Å². The molecule has 0 fully saturated rings. The lowest BCUT2D eigenvalue weighted by atomic mass is 10.9. The number of hydrogen-bond acceptors (Lipinski definition) is 2. The lowest BCUT2D eigenvalue weighted by Gasteiger charge is -1.86. The Kier molecular flexibility index (Phi) is 4.42. The van der Waals surface area contributed by atoms with Gasteiger partial charge in [-0.05, 0) is 11.8 Å². The zero-order chi connectivity index (χ0) is 6.57. The van der Waals surface area contributed by atoms with E-state index in [1.165, 1.54) is 6.92 Å². The Morgan fingerprint density at radius 2 is 2.25 bits per heavy atom. The van der Waals surface area contributed by atoms with Crippen molar-refractivity contribution in [2.45, 2.75) is 6.92 Å². The van der Waals surface area contributed by atoms with Gasteiger partial charge in [0.2, 0.25) is 0 Å². The van der Waals surface area contributed by atoms with E-state index in [2.05, 4.69) is 0 Å². The third-order valence-corrected chi connectivity index (χ3v) is 1.73. The molecule has 0 radical (unpaired) electrons. The first kappa shape index (κ1) is 8.34. The van der Waals surface area contributed by atoms with Crippen LogP contribution in [0.2, 0.25) is 0 Å². The SMILES string of the molecule is CC(=O)S/C(Cl)=C/Cl. The van der Waals surface area contributed by atoms with Crippen LogP contribution in [-0.4, -0.2) is 5.12 Å².